The van der Waals surface area contributed by atoms with Crippen LogP contribution in [0.15, 0.2) is 59.8 Å². The number of halogens is 2. The SMILES string of the molecule is O=C(Cn1c(SC(F)F)nc2ccccc21)N1CCC[C@@H]1c1ccccc1. The van der Waals surface area contributed by atoms with Gasteiger partial charge < -0.3 is 9.47 Å². The van der Waals surface area contributed by atoms with Crippen LogP contribution in [0.2, 0.25) is 0 Å². The molecule has 4 nitrogen and oxygen atoms in total. The Bertz CT molecular complexity index is 945. The molecule has 0 spiro atoms. The number of thioether (sulfide) groups is 1. The Morgan fingerprint density at radius 2 is 1.89 bits per heavy atom. The van der Waals surface area contributed by atoms with Crippen LogP contribution in [-0.2, 0) is 11.3 Å². The van der Waals surface area contributed by atoms with E-state index in [9.17, 15) is 13.6 Å². The molecule has 1 aliphatic heterocycles. The maximum absolute atomic E-state index is 13.1. The number of para-hydroxylation sites is 2. The highest BCUT2D eigenvalue weighted by Gasteiger charge is 2.30. The summed E-state index contributed by atoms with van der Waals surface area (Å²) in [4.78, 5) is 19.2. The summed E-state index contributed by atoms with van der Waals surface area (Å²) in [6.07, 6.45) is 1.85. The molecule has 1 saturated heterocycles. The van der Waals surface area contributed by atoms with Crippen molar-refractivity contribution in [1.29, 1.82) is 0 Å². The molecular formula is C20H19F2N3OS. The molecule has 1 atom stereocenters. The van der Waals surface area contributed by atoms with E-state index in [2.05, 4.69) is 4.98 Å². The number of fused-ring (bicyclic) bond motifs is 1. The molecule has 0 radical (unpaired) electrons. The van der Waals surface area contributed by atoms with Gasteiger partial charge in [-0.2, -0.15) is 8.78 Å². The normalized spacial score (nSPS) is 17.1. The van der Waals surface area contributed by atoms with Crippen molar-refractivity contribution in [3.63, 3.8) is 0 Å². The Hall–Kier alpha value is -2.41. The van der Waals surface area contributed by atoms with E-state index in [0.29, 0.717) is 29.3 Å². The second-order valence-corrected chi connectivity index (χ2v) is 7.46. The van der Waals surface area contributed by atoms with Crippen LogP contribution in [0.4, 0.5) is 8.78 Å². The lowest BCUT2D eigenvalue weighted by atomic mass is 10.0. The van der Waals surface area contributed by atoms with Crippen molar-refractivity contribution in [2.75, 3.05) is 6.54 Å². The van der Waals surface area contributed by atoms with Crippen LogP contribution in [0.1, 0.15) is 24.4 Å². The summed E-state index contributed by atoms with van der Waals surface area (Å²) in [6.45, 7) is 0.696. The zero-order valence-electron chi connectivity index (χ0n) is 14.6. The van der Waals surface area contributed by atoms with Crippen molar-refractivity contribution in [1.82, 2.24) is 14.5 Å². The molecule has 0 saturated carbocycles. The Kier molecular flexibility index (Phi) is 5.11. The minimum Gasteiger partial charge on any atom is -0.334 e. The van der Waals surface area contributed by atoms with Gasteiger partial charge in [0, 0.05) is 6.54 Å². The van der Waals surface area contributed by atoms with E-state index in [1.807, 2.05) is 53.4 Å². The fourth-order valence-corrected chi connectivity index (χ4v) is 4.29. The molecule has 1 fully saturated rings. The average molecular weight is 387 g/mol. The van der Waals surface area contributed by atoms with Crippen LogP contribution in [-0.4, -0.2) is 32.7 Å². The van der Waals surface area contributed by atoms with E-state index in [4.69, 9.17) is 0 Å². The number of carbonyl (C=O) groups is 1. The number of rotatable bonds is 5. The summed E-state index contributed by atoms with van der Waals surface area (Å²) in [7, 11) is 0. The topological polar surface area (TPSA) is 38.1 Å². The highest BCUT2D eigenvalue weighted by molar-refractivity contribution is 7.99. The third-order valence-corrected chi connectivity index (χ3v) is 5.57. The van der Waals surface area contributed by atoms with Crippen LogP contribution in [0.5, 0.6) is 0 Å². The van der Waals surface area contributed by atoms with Crippen molar-refractivity contribution in [3.05, 3.63) is 60.2 Å². The summed E-state index contributed by atoms with van der Waals surface area (Å²) < 4.78 is 27.5. The maximum Gasteiger partial charge on any atom is 0.291 e. The molecule has 1 amide bonds. The first kappa shape index (κ1) is 18.0. The average Bonchev–Trinajstić information content (AvgIpc) is 3.28. The van der Waals surface area contributed by atoms with Crippen molar-refractivity contribution in [3.8, 4) is 0 Å². The van der Waals surface area contributed by atoms with E-state index < -0.39 is 5.76 Å². The quantitative estimate of drug-likeness (QED) is 0.595. The summed E-state index contributed by atoms with van der Waals surface area (Å²) >= 11 is 0.380. The molecule has 7 heteroatoms. The monoisotopic (exact) mass is 387 g/mol. The third-order valence-electron chi connectivity index (χ3n) is 4.86. The van der Waals surface area contributed by atoms with Gasteiger partial charge in [-0.3, -0.25) is 4.79 Å². The lowest BCUT2D eigenvalue weighted by Crippen LogP contribution is -2.33. The number of benzene rings is 2. The van der Waals surface area contributed by atoms with Gasteiger partial charge in [-0.15, -0.1) is 0 Å². The fraction of sp³-hybridized carbons (Fsp3) is 0.300. The second-order valence-electron chi connectivity index (χ2n) is 6.50. The van der Waals surface area contributed by atoms with Crippen LogP contribution in [0.3, 0.4) is 0 Å². The number of hydrogen-bond acceptors (Lipinski definition) is 3. The summed E-state index contributed by atoms with van der Waals surface area (Å²) in [5, 5.41) is 0.176. The molecule has 1 aromatic heterocycles. The zero-order valence-corrected chi connectivity index (χ0v) is 15.4. The molecule has 0 N–H and O–H groups in total. The van der Waals surface area contributed by atoms with E-state index in [1.165, 1.54) is 0 Å². The maximum atomic E-state index is 13.1. The molecule has 2 heterocycles. The minimum absolute atomic E-state index is 0.0128. The standard InChI is InChI=1S/C20H19F2N3OS/c21-19(22)27-20-23-15-9-4-5-10-17(15)25(20)13-18(26)24-12-6-11-16(24)14-7-2-1-3-8-14/h1-5,7-10,16,19H,6,11-13H2/t16-/m1/s1. The van der Waals surface area contributed by atoms with Gasteiger partial charge in [0.25, 0.3) is 5.76 Å². The lowest BCUT2D eigenvalue weighted by Gasteiger charge is -2.25. The fourth-order valence-electron chi connectivity index (χ4n) is 3.69. The van der Waals surface area contributed by atoms with Gasteiger partial charge in [0.05, 0.1) is 17.1 Å². The number of imidazole rings is 1. The highest BCUT2D eigenvalue weighted by Crippen LogP contribution is 2.33. The Morgan fingerprint density at radius 1 is 1.15 bits per heavy atom. The van der Waals surface area contributed by atoms with Crippen LogP contribution in [0.25, 0.3) is 11.0 Å². The lowest BCUT2D eigenvalue weighted by molar-refractivity contribution is -0.132. The second kappa shape index (κ2) is 7.68. The number of carbonyl (C=O) groups excluding carboxylic acids is 1. The smallest absolute Gasteiger partial charge is 0.291 e. The van der Waals surface area contributed by atoms with Gasteiger partial charge in [-0.05, 0) is 42.3 Å². The van der Waals surface area contributed by atoms with Gasteiger partial charge in [-0.25, -0.2) is 4.98 Å². The predicted molar refractivity (Wildman–Crippen MR) is 102 cm³/mol. The number of alkyl halides is 2. The van der Waals surface area contributed by atoms with Gasteiger partial charge in [0.1, 0.15) is 6.54 Å². The molecule has 1 aliphatic rings. The van der Waals surface area contributed by atoms with Crippen molar-refractivity contribution >= 4 is 28.7 Å². The van der Waals surface area contributed by atoms with Crippen LogP contribution >= 0.6 is 11.8 Å². The van der Waals surface area contributed by atoms with Gasteiger partial charge in [-0.1, -0.05) is 42.5 Å². The first-order valence-electron chi connectivity index (χ1n) is 8.88. The molecule has 4 rings (SSSR count). The Labute approximate surface area is 160 Å². The molecule has 140 valence electrons. The van der Waals surface area contributed by atoms with Crippen molar-refractivity contribution in [2.24, 2.45) is 0 Å². The van der Waals surface area contributed by atoms with Gasteiger partial charge >= 0.3 is 0 Å². The minimum atomic E-state index is -2.58. The first-order chi connectivity index (χ1) is 13.1. The number of hydrogen-bond donors (Lipinski definition) is 0. The van der Waals surface area contributed by atoms with Crippen molar-refractivity contribution < 1.29 is 13.6 Å². The first-order valence-corrected chi connectivity index (χ1v) is 9.76. The molecular weight excluding hydrogens is 368 g/mol. The molecule has 2 aromatic carbocycles. The highest BCUT2D eigenvalue weighted by atomic mass is 32.2. The predicted octanol–water partition coefficient (Wildman–Crippen LogP) is 4.71. The molecule has 0 bridgehead atoms. The summed E-state index contributed by atoms with van der Waals surface area (Å²) in [6, 6.07) is 17.2. The molecule has 0 unspecified atom stereocenters. The molecule has 0 aliphatic carbocycles. The molecule has 27 heavy (non-hydrogen) atoms. The van der Waals surface area contributed by atoms with E-state index in [1.54, 1.807) is 10.6 Å². The van der Waals surface area contributed by atoms with E-state index >= 15 is 0 Å². The Balaban J connectivity index is 1.62. The number of likely N-dealkylation sites (tertiary alicyclic amines) is 1. The number of aromatic nitrogens is 2. The Morgan fingerprint density at radius 3 is 2.67 bits per heavy atom. The molecule has 3 aromatic rings. The van der Waals surface area contributed by atoms with E-state index in [0.717, 1.165) is 18.4 Å². The van der Waals surface area contributed by atoms with Crippen molar-refractivity contribution in [2.45, 2.75) is 36.3 Å². The van der Waals surface area contributed by atoms with Crippen LogP contribution in [0, 0.1) is 0 Å². The summed E-state index contributed by atoms with van der Waals surface area (Å²) in [5.41, 5.74) is 2.43. The zero-order chi connectivity index (χ0) is 18.8. The number of amides is 1. The third kappa shape index (κ3) is 3.69. The number of nitrogens with zero attached hydrogens (tertiary/aromatic N) is 3. The summed E-state index contributed by atoms with van der Waals surface area (Å²) in [5.74, 6) is -2.65. The largest absolute Gasteiger partial charge is 0.334 e. The van der Waals surface area contributed by atoms with E-state index in [-0.39, 0.29) is 23.7 Å². The van der Waals surface area contributed by atoms with Gasteiger partial charge in [0.15, 0.2) is 5.16 Å². The van der Waals surface area contributed by atoms with Gasteiger partial charge in [0.2, 0.25) is 5.91 Å². The van der Waals surface area contributed by atoms with Crippen LogP contribution < -0.4 is 0 Å².